The second-order valence-corrected chi connectivity index (χ2v) is 5.50. The second kappa shape index (κ2) is 5.69. The lowest BCUT2D eigenvalue weighted by Gasteiger charge is -2.16. The molecule has 1 aromatic heterocycles. The summed E-state index contributed by atoms with van der Waals surface area (Å²) in [6.07, 6.45) is 3.49. The molecule has 2 atom stereocenters. The number of nitro benzene ring substituents is 1. The molecule has 7 heteroatoms. The minimum absolute atomic E-state index is 0.0386. The number of rotatable bonds is 5. The minimum atomic E-state index is -0.425. The second-order valence-electron chi connectivity index (χ2n) is 5.50. The highest BCUT2D eigenvalue weighted by Gasteiger charge is 2.26. The third-order valence-corrected chi connectivity index (χ3v) is 4.21. The molecular weight excluding hydrogens is 272 g/mol. The molecule has 1 aliphatic rings. The summed E-state index contributed by atoms with van der Waals surface area (Å²) in [5.41, 5.74) is 7.07. The zero-order chi connectivity index (χ0) is 14.8. The van der Waals surface area contributed by atoms with Crippen molar-refractivity contribution in [3.8, 4) is 6.01 Å². The number of aromatic amines is 1. The van der Waals surface area contributed by atoms with Crippen molar-refractivity contribution in [2.75, 3.05) is 13.2 Å². The molecule has 0 aliphatic heterocycles. The Labute approximate surface area is 121 Å². The minimum Gasteiger partial charge on any atom is -0.464 e. The SMILES string of the molecule is NCC1CCCC1COc1nc2ccc([N+](=O)[O-])cc2[nH]1. The normalized spacial score (nSPS) is 21.8. The van der Waals surface area contributed by atoms with Gasteiger partial charge < -0.3 is 15.5 Å². The number of H-pyrrole nitrogens is 1. The van der Waals surface area contributed by atoms with Crippen molar-refractivity contribution in [1.82, 2.24) is 9.97 Å². The van der Waals surface area contributed by atoms with E-state index in [2.05, 4.69) is 9.97 Å². The Bertz CT molecular complexity index is 655. The number of hydrogen-bond donors (Lipinski definition) is 2. The number of aromatic nitrogens is 2. The third-order valence-electron chi connectivity index (χ3n) is 4.21. The number of imidazole rings is 1. The van der Waals surface area contributed by atoms with Gasteiger partial charge in [0, 0.05) is 12.1 Å². The van der Waals surface area contributed by atoms with Crippen LogP contribution in [0.5, 0.6) is 6.01 Å². The highest BCUT2D eigenvalue weighted by atomic mass is 16.6. The van der Waals surface area contributed by atoms with Crippen molar-refractivity contribution in [1.29, 1.82) is 0 Å². The van der Waals surface area contributed by atoms with Gasteiger partial charge in [0.05, 0.1) is 22.6 Å². The van der Waals surface area contributed by atoms with Crippen LogP contribution in [0.2, 0.25) is 0 Å². The van der Waals surface area contributed by atoms with Crippen molar-refractivity contribution in [2.45, 2.75) is 19.3 Å². The molecule has 112 valence electrons. The molecule has 0 saturated heterocycles. The van der Waals surface area contributed by atoms with Gasteiger partial charge in [-0.05, 0) is 37.3 Å². The molecule has 1 saturated carbocycles. The quantitative estimate of drug-likeness (QED) is 0.648. The molecule has 2 unspecified atom stereocenters. The van der Waals surface area contributed by atoms with Gasteiger partial charge in [0.25, 0.3) is 11.7 Å². The molecule has 0 bridgehead atoms. The number of hydrogen-bond acceptors (Lipinski definition) is 5. The zero-order valence-electron chi connectivity index (χ0n) is 11.6. The first-order chi connectivity index (χ1) is 10.2. The van der Waals surface area contributed by atoms with E-state index >= 15 is 0 Å². The summed E-state index contributed by atoms with van der Waals surface area (Å²) < 4.78 is 5.72. The zero-order valence-corrected chi connectivity index (χ0v) is 11.6. The topological polar surface area (TPSA) is 107 Å². The molecular formula is C14H18N4O3. The predicted molar refractivity (Wildman–Crippen MR) is 78.1 cm³/mol. The van der Waals surface area contributed by atoms with Crippen LogP contribution in [0.15, 0.2) is 18.2 Å². The van der Waals surface area contributed by atoms with E-state index < -0.39 is 4.92 Å². The molecule has 2 aromatic rings. The van der Waals surface area contributed by atoms with E-state index in [4.69, 9.17) is 10.5 Å². The summed E-state index contributed by atoms with van der Waals surface area (Å²) in [6.45, 7) is 1.28. The maximum Gasteiger partial charge on any atom is 0.294 e. The maximum absolute atomic E-state index is 10.7. The Hall–Kier alpha value is -2.15. The van der Waals surface area contributed by atoms with Gasteiger partial charge in [-0.3, -0.25) is 10.1 Å². The monoisotopic (exact) mass is 290 g/mol. The van der Waals surface area contributed by atoms with E-state index in [0.29, 0.717) is 42.0 Å². The van der Waals surface area contributed by atoms with E-state index in [0.717, 1.165) is 12.8 Å². The van der Waals surface area contributed by atoms with Crippen LogP contribution in [0.25, 0.3) is 11.0 Å². The molecule has 1 heterocycles. The van der Waals surface area contributed by atoms with Crippen LogP contribution < -0.4 is 10.5 Å². The molecule has 1 aromatic carbocycles. The van der Waals surface area contributed by atoms with Crippen LogP contribution in [0.3, 0.4) is 0 Å². The standard InChI is InChI=1S/C14H18N4O3/c15-7-9-2-1-3-10(9)8-21-14-16-12-5-4-11(18(19)20)6-13(12)17-14/h4-6,9-10H,1-3,7-8,15H2,(H,16,17). The van der Waals surface area contributed by atoms with E-state index in [1.807, 2.05) is 0 Å². The van der Waals surface area contributed by atoms with Crippen molar-refractivity contribution in [3.05, 3.63) is 28.3 Å². The summed E-state index contributed by atoms with van der Waals surface area (Å²) in [5, 5.41) is 10.7. The molecule has 1 aliphatic carbocycles. The Morgan fingerprint density at radius 3 is 3.00 bits per heavy atom. The van der Waals surface area contributed by atoms with E-state index in [9.17, 15) is 10.1 Å². The van der Waals surface area contributed by atoms with E-state index in [1.54, 1.807) is 6.07 Å². The predicted octanol–water partition coefficient (Wildman–Crippen LogP) is 2.22. The van der Waals surface area contributed by atoms with Crippen LogP contribution in [0.1, 0.15) is 19.3 Å². The number of fused-ring (bicyclic) bond motifs is 1. The summed E-state index contributed by atoms with van der Waals surface area (Å²) >= 11 is 0. The molecule has 0 radical (unpaired) electrons. The molecule has 0 amide bonds. The lowest BCUT2D eigenvalue weighted by molar-refractivity contribution is -0.384. The van der Waals surface area contributed by atoms with E-state index in [-0.39, 0.29) is 5.69 Å². The van der Waals surface area contributed by atoms with Gasteiger partial charge in [-0.1, -0.05) is 6.42 Å². The number of benzene rings is 1. The van der Waals surface area contributed by atoms with Crippen LogP contribution in [0.4, 0.5) is 5.69 Å². The summed E-state index contributed by atoms with van der Waals surface area (Å²) in [4.78, 5) is 17.6. The maximum atomic E-state index is 10.7. The van der Waals surface area contributed by atoms with Gasteiger partial charge in [0.15, 0.2) is 0 Å². The number of nitrogens with zero attached hydrogens (tertiary/aromatic N) is 2. The Balaban J connectivity index is 1.71. The fourth-order valence-electron chi connectivity index (χ4n) is 2.99. The van der Waals surface area contributed by atoms with Gasteiger partial charge in [0.1, 0.15) is 0 Å². The van der Waals surface area contributed by atoms with Gasteiger partial charge in [-0.2, -0.15) is 4.98 Å². The van der Waals surface area contributed by atoms with Gasteiger partial charge in [-0.15, -0.1) is 0 Å². The number of nitrogens with one attached hydrogen (secondary N) is 1. The summed E-state index contributed by atoms with van der Waals surface area (Å²) in [5.74, 6) is 0.994. The Morgan fingerprint density at radius 1 is 1.43 bits per heavy atom. The molecule has 0 spiro atoms. The summed E-state index contributed by atoms with van der Waals surface area (Å²) in [6, 6.07) is 4.94. The van der Waals surface area contributed by atoms with Crippen LogP contribution >= 0.6 is 0 Å². The average Bonchev–Trinajstić information content (AvgIpc) is 3.09. The first-order valence-electron chi connectivity index (χ1n) is 7.14. The van der Waals surface area contributed by atoms with Crippen LogP contribution in [-0.2, 0) is 0 Å². The van der Waals surface area contributed by atoms with E-state index in [1.165, 1.54) is 18.6 Å². The van der Waals surface area contributed by atoms with Crippen LogP contribution in [-0.4, -0.2) is 28.0 Å². The van der Waals surface area contributed by atoms with Crippen LogP contribution in [0, 0.1) is 22.0 Å². The Kier molecular flexibility index (Phi) is 3.74. The lowest BCUT2D eigenvalue weighted by atomic mass is 9.97. The number of non-ortho nitro benzene ring substituents is 1. The highest BCUT2D eigenvalue weighted by Crippen LogP contribution is 2.31. The highest BCUT2D eigenvalue weighted by molar-refractivity contribution is 5.78. The molecule has 1 fully saturated rings. The fourth-order valence-corrected chi connectivity index (χ4v) is 2.99. The molecule has 3 rings (SSSR count). The fraction of sp³-hybridized carbons (Fsp3) is 0.500. The van der Waals surface area contributed by atoms with Crippen molar-refractivity contribution >= 4 is 16.7 Å². The summed E-state index contributed by atoms with van der Waals surface area (Å²) in [7, 11) is 0. The third kappa shape index (κ3) is 2.82. The van der Waals surface area contributed by atoms with Crippen molar-refractivity contribution in [3.63, 3.8) is 0 Å². The first-order valence-corrected chi connectivity index (χ1v) is 7.14. The van der Waals surface area contributed by atoms with Crippen molar-refractivity contribution < 1.29 is 9.66 Å². The van der Waals surface area contributed by atoms with Gasteiger partial charge in [0.2, 0.25) is 0 Å². The smallest absolute Gasteiger partial charge is 0.294 e. The molecule has 3 N–H and O–H groups in total. The van der Waals surface area contributed by atoms with Gasteiger partial charge in [-0.25, -0.2) is 0 Å². The molecule has 7 nitrogen and oxygen atoms in total. The molecule has 21 heavy (non-hydrogen) atoms. The Morgan fingerprint density at radius 2 is 2.24 bits per heavy atom. The average molecular weight is 290 g/mol. The largest absolute Gasteiger partial charge is 0.464 e. The lowest BCUT2D eigenvalue weighted by Crippen LogP contribution is -2.23. The van der Waals surface area contributed by atoms with Crippen molar-refractivity contribution in [2.24, 2.45) is 17.6 Å². The number of nitro groups is 1. The van der Waals surface area contributed by atoms with Gasteiger partial charge >= 0.3 is 0 Å². The first kappa shape index (κ1) is 13.8. The number of nitrogens with two attached hydrogens (primary N) is 1. The number of ether oxygens (including phenoxy) is 1.